The molecule has 28 heavy (non-hydrogen) atoms. The number of amides is 1. The Morgan fingerprint density at radius 2 is 2.04 bits per heavy atom. The summed E-state index contributed by atoms with van der Waals surface area (Å²) in [5.41, 5.74) is 4.39. The maximum Gasteiger partial charge on any atom is 0.416 e. The molecule has 1 aromatic heterocycles. The van der Waals surface area contributed by atoms with Gasteiger partial charge in [0.2, 0.25) is 0 Å². The number of halogens is 4. The number of benzene rings is 2. The van der Waals surface area contributed by atoms with E-state index in [0.717, 1.165) is 12.1 Å². The molecule has 0 radical (unpaired) electrons. The summed E-state index contributed by atoms with van der Waals surface area (Å²) in [4.78, 5) is 12.4. The third-order valence-electron chi connectivity index (χ3n) is 3.62. The van der Waals surface area contributed by atoms with E-state index in [0.29, 0.717) is 5.69 Å². The Hall–Kier alpha value is -3.34. The van der Waals surface area contributed by atoms with Gasteiger partial charge < -0.3 is 4.74 Å². The number of tetrazole rings is 1. The molecule has 12 heteroatoms. The first-order chi connectivity index (χ1) is 13.3. The van der Waals surface area contributed by atoms with Crippen molar-refractivity contribution in [3.05, 3.63) is 58.9 Å². The molecule has 0 fully saturated rings. The summed E-state index contributed by atoms with van der Waals surface area (Å²) in [5, 5.41) is 10.9. The highest BCUT2D eigenvalue weighted by atomic mass is 35.5. The summed E-state index contributed by atoms with van der Waals surface area (Å²) in [6, 6.07) is 7.17. The minimum Gasteiger partial charge on any atom is -0.496 e. The number of carbonyl (C=O) groups is 1. The van der Waals surface area contributed by atoms with Crippen LogP contribution in [0.15, 0.2) is 42.7 Å². The number of methoxy groups -OCH3 is 1. The molecule has 3 rings (SSSR count). The minimum atomic E-state index is -4.50. The first-order valence-corrected chi connectivity index (χ1v) is 8.02. The Labute approximate surface area is 161 Å². The number of aromatic nitrogens is 4. The molecule has 146 valence electrons. The van der Waals surface area contributed by atoms with Crippen LogP contribution in [0.5, 0.6) is 5.75 Å². The van der Waals surface area contributed by atoms with Crippen LogP contribution in [0.2, 0.25) is 5.02 Å². The minimum absolute atomic E-state index is 0.0542. The van der Waals surface area contributed by atoms with Crippen molar-refractivity contribution in [1.29, 1.82) is 0 Å². The van der Waals surface area contributed by atoms with Crippen molar-refractivity contribution in [2.24, 2.45) is 0 Å². The van der Waals surface area contributed by atoms with Gasteiger partial charge in [0.15, 0.2) is 0 Å². The molecular formula is C16H12ClF3N6O2. The molecule has 0 saturated heterocycles. The topological polar surface area (TPSA) is 94.0 Å². The quantitative estimate of drug-likeness (QED) is 0.625. The van der Waals surface area contributed by atoms with Gasteiger partial charge in [0.05, 0.1) is 34.6 Å². The van der Waals surface area contributed by atoms with Crippen LogP contribution < -0.4 is 15.6 Å². The summed E-state index contributed by atoms with van der Waals surface area (Å²) in [7, 11) is 1.35. The lowest BCUT2D eigenvalue weighted by Crippen LogP contribution is -2.30. The van der Waals surface area contributed by atoms with Crippen LogP contribution in [0.1, 0.15) is 15.9 Å². The number of anilines is 1. The highest BCUT2D eigenvalue weighted by molar-refractivity contribution is 6.33. The van der Waals surface area contributed by atoms with Crippen LogP contribution in [0, 0.1) is 0 Å². The Morgan fingerprint density at radius 1 is 1.25 bits per heavy atom. The Morgan fingerprint density at radius 3 is 2.68 bits per heavy atom. The number of hydrazine groups is 1. The van der Waals surface area contributed by atoms with E-state index in [2.05, 4.69) is 26.4 Å². The molecule has 0 aliphatic heterocycles. The predicted octanol–water partition coefficient (Wildman–Crippen LogP) is 3.10. The van der Waals surface area contributed by atoms with Gasteiger partial charge >= 0.3 is 6.18 Å². The predicted molar refractivity (Wildman–Crippen MR) is 93.2 cm³/mol. The summed E-state index contributed by atoms with van der Waals surface area (Å²) < 4.78 is 44.8. The number of rotatable bonds is 5. The molecule has 2 N–H and O–H groups in total. The van der Waals surface area contributed by atoms with Gasteiger partial charge in [-0.05, 0) is 34.7 Å². The molecule has 2 aromatic carbocycles. The number of nitrogens with one attached hydrogen (secondary N) is 2. The van der Waals surface area contributed by atoms with E-state index < -0.39 is 17.6 Å². The Bertz CT molecular complexity index is 995. The van der Waals surface area contributed by atoms with Gasteiger partial charge in [0.1, 0.15) is 12.1 Å². The van der Waals surface area contributed by atoms with E-state index in [1.165, 1.54) is 42.4 Å². The summed E-state index contributed by atoms with van der Waals surface area (Å²) in [5.74, 6) is -0.502. The molecule has 0 aliphatic carbocycles. The zero-order chi connectivity index (χ0) is 20.3. The van der Waals surface area contributed by atoms with Crippen LogP contribution in [0.25, 0.3) is 5.69 Å². The second-order valence-corrected chi connectivity index (χ2v) is 5.82. The lowest BCUT2D eigenvalue weighted by Gasteiger charge is -2.14. The number of carbonyl (C=O) groups excluding carboxylic acids is 1. The maximum atomic E-state index is 12.8. The van der Waals surface area contributed by atoms with Gasteiger partial charge in [0.25, 0.3) is 5.91 Å². The number of hydrogen-bond acceptors (Lipinski definition) is 6. The fourth-order valence-electron chi connectivity index (χ4n) is 2.31. The zero-order valence-corrected chi connectivity index (χ0v) is 14.9. The van der Waals surface area contributed by atoms with E-state index in [4.69, 9.17) is 16.3 Å². The highest BCUT2D eigenvalue weighted by Gasteiger charge is 2.30. The molecule has 1 amide bonds. The number of alkyl halides is 3. The molecule has 0 bridgehead atoms. The van der Waals surface area contributed by atoms with Gasteiger partial charge in [0, 0.05) is 6.07 Å². The molecule has 3 aromatic rings. The van der Waals surface area contributed by atoms with E-state index in [1.807, 2.05) is 0 Å². The van der Waals surface area contributed by atoms with E-state index in [9.17, 15) is 18.0 Å². The molecule has 0 aliphatic rings. The lowest BCUT2D eigenvalue weighted by atomic mass is 10.1. The third kappa shape index (κ3) is 4.14. The van der Waals surface area contributed by atoms with Crippen molar-refractivity contribution < 1.29 is 22.7 Å². The Balaban J connectivity index is 1.80. The molecular weight excluding hydrogens is 401 g/mol. The van der Waals surface area contributed by atoms with Gasteiger partial charge in [-0.25, -0.2) is 0 Å². The van der Waals surface area contributed by atoms with Crippen LogP contribution in [-0.4, -0.2) is 33.2 Å². The molecule has 0 unspecified atom stereocenters. The van der Waals surface area contributed by atoms with Crippen molar-refractivity contribution in [2.75, 3.05) is 12.5 Å². The second-order valence-electron chi connectivity index (χ2n) is 5.42. The summed E-state index contributed by atoms with van der Waals surface area (Å²) in [6.07, 6.45) is -3.18. The molecule has 0 saturated carbocycles. The van der Waals surface area contributed by atoms with Crippen molar-refractivity contribution in [3.63, 3.8) is 0 Å². The van der Waals surface area contributed by atoms with E-state index in [1.54, 1.807) is 0 Å². The smallest absolute Gasteiger partial charge is 0.416 e. The number of ether oxygens (including phenoxy) is 1. The molecule has 1 heterocycles. The SMILES string of the molecule is COc1cc(-n2cnnn2)c(Cl)cc1C(=O)NNc1cccc(C(F)(F)F)c1. The maximum absolute atomic E-state index is 12.8. The van der Waals surface area contributed by atoms with Crippen LogP contribution in [-0.2, 0) is 6.18 Å². The first kappa shape index (κ1) is 19.4. The monoisotopic (exact) mass is 412 g/mol. The zero-order valence-electron chi connectivity index (χ0n) is 14.2. The summed E-state index contributed by atoms with van der Waals surface area (Å²) >= 11 is 6.18. The van der Waals surface area contributed by atoms with Crippen molar-refractivity contribution >= 4 is 23.2 Å². The fourth-order valence-corrected chi connectivity index (χ4v) is 2.56. The van der Waals surface area contributed by atoms with Gasteiger partial charge in [-0.2, -0.15) is 17.9 Å². The summed E-state index contributed by atoms with van der Waals surface area (Å²) in [6.45, 7) is 0. The van der Waals surface area contributed by atoms with Crippen LogP contribution in [0.3, 0.4) is 0 Å². The van der Waals surface area contributed by atoms with Gasteiger partial charge in [-0.3, -0.25) is 15.6 Å². The Kier molecular flexibility index (Phi) is 5.36. The van der Waals surface area contributed by atoms with Gasteiger partial charge in [-0.15, -0.1) is 5.10 Å². The van der Waals surface area contributed by atoms with Crippen molar-refractivity contribution in [2.45, 2.75) is 6.18 Å². The van der Waals surface area contributed by atoms with Crippen molar-refractivity contribution in [3.8, 4) is 11.4 Å². The normalized spacial score (nSPS) is 11.2. The number of nitrogens with zero attached hydrogens (tertiary/aromatic N) is 4. The second kappa shape index (κ2) is 7.72. The van der Waals surface area contributed by atoms with E-state index in [-0.39, 0.29) is 22.0 Å². The average molecular weight is 413 g/mol. The molecule has 8 nitrogen and oxygen atoms in total. The van der Waals surface area contributed by atoms with Crippen molar-refractivity contribution in [1.82, 2.24) is 25.6 Å². The fraction of sp³-hybridized carbons (Fsp3) is 0.125. The lowest BCUT2D eigenvalue weighted by molar-refractivity contribution is -0.137. The van der Waals surface area contributed by atoms with Gasteiger partial charge in [-0.1, -0.05) is 17.7 Å². The highest BCUT2D eigenvalue weighted by Crippen LogP contribution is 2.31. The third-order valence-corrected chi connectivity index (χ3v) is 3.92. The van der Waals surface area contributed by atoms with E-state index >= 15 is 0 Å². The molecule has 0 atom stereocenters. The largest absolute Gasteiger partial charge is 0.496 e. The van der Waals surface area contributed by atoms with Crippen LogP contribution in [0.4, 0.5) is 18.9 Å². The molecule has 0 spiro atoms. The number of hydrogen-bond donors (Lipinski definition) is 2. The average Bonchev–Trinajstić information content (AvgIpc) is 3.20. The standard InChI is InChI=1S/C16H12ClF3N6O2/c1-28-14-7-13(26-8-21-24-25-26)12(17)6-11(14)15(27)23-22-10-4-2-3-9(5-10)16(18,19)20/h2-8,22H,1H3,(H,23,27). The van der Waals surface area contributed by atoms with Crippen LogP contribution >= 0.6 is 11.6 Å². The first-order valence-electron chi connectivity index (χ1n) is 7.64.